The molecule has 1 aromatic rings. The molecule has 0 radical (unpaired) electrons. The van der Waals surface area contributed by atoms with Gasteiger partial charge in [0.05, 0.1) is 25.8 Å². The SMILES string of the molecule is COc1cc(C)cc(OC)c1[C@H](N)[C@H](O)C(F)(F)F. The number of hydrogen-bond acceptors (Lipinski definition) is 4. The predicted octanol–water partition coefficient (Wildman–Crippen LogP) is 1.94. The van der Waals surface area contributed by atoms with Gasteiger partial charge in [-0.1, -0.05) is 0 Å². The van der Waals surface area contributed by atoms with Gasteiger partial charge in [0.15, 0.2) is 6.10 Å². The van der Waals surface area contributed by atoms with Crippen LogP contribution in [-0.4, -0.2) is 31.6 Å². The minimum Gasteiger partial charge on any atom is -0.496 e. The summed E-state index contributed by atoms with van der Waals surface area (Å²) in [5.74, 6) is 0.292. The largest absolute Gasteiger partial charge is 0.496 e. The third-order valence-electron chi connectivity index (χ3n) is 2.70. The molecule has 0 heterocycles. The molecule has 2 atom stereocenters. The van der Waals surface area contributed by atoms with Crippen molar-refractivity contribution in [3.63, 3.8) is 0 Å². The van der Waals surface area contributed by atoms with E-state index in [-0.39, 0.29) is 17.1 Å². The summed E-state index contributed by atoms with van der Waals surface area (Å²) in [4.78, 5) is 0. The maximum atomic E-state index is 12.5. The molecule has 4 nitrogen and oxygen atoms in total. The molecule has 108 valence electrons. The maximum absolute atomic E-state index is 12.5. The lowest BCUT2D eigenvalue weighted by Crippen LogP contribution is -2.39. The average Bonchev–Trinajstić information content (AvgIpc) is 2.34. The first kappa shape index (κ1) is 15.6. The highest BCUT2D eigenvalue weighted by molar-refractivity contribution is 5.50. The molecule has 0 fully saturated rings. The summed E-state index contributed by atoms with van der Waals surface area (Å²) >= 11 is 0. The van der Waals surface area contributed by atoms with Gasteiger partial charge in [0.25, 0.3) is 0 Å². The van der Waals surface area contributed by atoms with E-state index in [1.807, 2.05) is 0 Å². The third kappa shape index (κ3) is 3.30. The van der Waals surface area contributed by atoms with Crippen molar-refractivity contribution in [1.29, 1.82) is 0 Å². The van der Waals surface area contributed by atoms with Crippen LogP contribution in [0.3, 0.4) is 0 Å². The molecular formula is C12H16F3NO3. The number of aliphatic hydroxyl groups excluding tert-OH is 1. The Labute approximate surface area is 108 Å². The van der Waals surface area contributed by atoms with Crippen LogP contribution >= 0.6 is 0 Å². The molecule has 3 N–H and O–H groups in total. The minimum absolute atomic E-state index is 0.0135. The predicted molar refractivity (Wildman–Crippen MR) is 63.3 cm³/mol. The Morgan fingerprint density at radius 1 is 1.16 bits per heavy atom. The van der Waals surface area contributed by atoms with Crippen molar-refractivity contribution >= 4 is 0 Å². The highest BCUT2D eigenvalue weighted by Gasteiger charge is 2.44. The highest BCUT2D eigenvalue weighted by Crippen LogP contribution is 2.39. The molecule has 0 bridgehead atoms. The first-order valence-corrected chi connectivity index (χ1v) is 5.45. The lowest BCUT2D eigenvalue weighted by molar-refractivity contribution is -0.210. The van der Waals surface area contributed by atoms with E-state index in [1.165, 1.54) is 26.4 Å². The number of rotatable bonds is 4. The van der Waals surface area contributed by atoms with Crippen LogP contribution < -0.4 is 15.2 Å². The van der Waals surface area contributed by atoms with Crippen LogP contribution in [-0.2, 0) is 0 Å². The van der Waals surface area contributed by atoms with Crippen LogP contribution in [0.1, 0.15) is 17.2 Å². The van der Waals surface area contributed by atoms with Gasteiger partial charge in [-0.15, -0.1) is 0 Å². The number of methoxy groups -OCH3 is 2. The van der Waals surface area contributed by atoms with Crippen molar-refractivity contribution in [2.24, 2.45) is 5.73 Å². The minimum atomic E-state index is -4.82. The lowest BCUT2D eigenvalue weighted by Gasteiger charge is -2.25. The van der Waals surface area contributed by atoms with Crippen LogP contribution in [0.25, 0.3) is 0 Å². The van der Waals surface area contributed by atoms with Crippen LogP contribution in [0.5, 0.6) is 11.5 Å². The summed E-state index contributed by atoms with van der Waals surface area (Å²) in [6.07, 6.45) is -7.52. The smallest absolute Gasteiger partial charge is 0.416 e. The number of nitrogens with two attached hydrogens (primary N) is 1. The van der Waals surface area contributed by atoms with E-state index < -0.39 is 18.3 Å². The fourth-order valence-electron chi connectivity index (χ4n) is 1.76. The van der Waals surface area contributed by atoms with Gasteiger partial charge < -0.3 is 20.3 Å². The summed E-state index contributed by atoms with van der Waals surface area (Å²) in [5, 5.41) is 9.26. The molecule has 0 aromatic heterocycles. The van der Waals surface area contributed by atoms with Crippen LogP contribution in [0.2, 0.25) is 0 Å². The summed E-state index contributed by atoms with van der Waals surface area (Å²) in [5.41, 5.74) is 6.23. The molecule has 0 aliphatic heterocycles. The molecular weight excluding hydrogens is 263 g/mol. The van der Waals surface area contributed by atoms with Gasteiger partial charge in [0.1, 0.15) is 11.5 Å². The topological polar surface area (TPSA) is 64.7 Å². The number of ether oxygens (including phenoxy) is 2. The Kier molecular flexibility index (Phi) is 4.65. The second-order valence-corrected chi connectivity index (χ2v) is 4.10. The molecule has 1 rings (SSSR count). The van der Waals surface area contributed by atoms with Gasteiger partial charge in [-0.3, -0.25) is 0 Å². The molecule has 7 heteroatoms. The Morgan fingerprint density at radius 3 is 1.89 bits per heavy atom. The third-order valence-corrected chi connectivity index (χ3v) is 2.70. The second kappa shape index (κ2) is 5.66. The van der Waals surface area contributed by atoms with Gasteiger partial charge in [0, 0.05) is 0 Å². The normalized spacial score (nSPS) is 14.9. The van der Waals surface area contributed by atoms with Crippen molar-refractivity contribution in [3.8, 4) is 11.5 Å². The quantitative estimate of drug-likeness (QED) is 0.884. The summed E-state index contributed by atoms with van der Waals surface area (Å²) in [6.45, 7) is 1.74. The van der Waals surface area contributed by atoms with E-state index in [4.69, 9.17) is 15.2 Å². The lowest BCUT2D eigenvalue weighted by atomic mass is 9.98. The standard InChI is InChI=1S/C12H16F3NO3/c1-6-4-7(18-2)9(8(5-6)19-3)10(16)11(17)12(13,14)15/h4-5,10-11,17H,16H2,1-3H3/t10-,11-/m0/s1. The van der Waals surface area contributed by atoms with Gasteiger partial charge in [-0.2, -0.15) is 13.2 Å². The number of benzene rings is 1. The van der Waals surface area contributed by atoms with Crippen molar-refractivity contribution < 1.29 is 27.8 Å². The van der Waals surface area contributed by atoms with E-state index in [9.17, 15) is 18.3 Å². The Balaban J connectivity index is 3.32. The molecule has 0 aliphatic rings. The summed E-state index contributed by atoms with van der Waals surface area (Å²) in [7, 11) is 2.62. The zero-order valence-electron chi connectivity index (χ0n) is 10.8. The number of aryl methyl sites for hydroxylation is 1. The van der Waals surface area contributed by atoms with Crippen molar-refractivity contribution in [1.82, 2.24) is 0 Å². The van der Waals surface area contributed by atoms with Crippen LogP contribution in [0.4, 0.5) is 13.2 Å². The van der Waals surface area contributed by atoms with Crippen molar-refractivity contribution in [2.75, 3.05) is 14.2 Å². The average molecular weight is 279 g/mol. The Bertz CT molecular complexity index is 423. The van der Waals surface area contributed by atoms with Crippen LogP contribution in [0.15, 0.2) is 12.1 Å². The van der Waals surface area contributed by atoms with E-state index in [2.05, 4.69) is 0 Å². The van der Waals surface area contributed by atoms with Crippen LogP contribution in [0, 0.1) is 6.92 Å². The molecule has 0 saturated heterocycles. The fourth-order valence-corrected chi connectivity index (χ4v) is 1.76. The molecule has 0 saturated carbocycles. The van der Waals surface area contributed by atoms with E-state index in [0.29, 0.717) is 0 Å². The monoisotopic (exact) mass is 279 g/mol. The fraction of sp³-hybridized carbons (Fsp3) is 0.500. The molecule has 1 aromatic carbocycles. The van der Waals surface area contributed by atoms with E-state index in [0.717, 1.165) is 5.56 Å². The zero-order valence-corrected chi connectivity index (χ0v) is 10.8. The molecule has 0 amide bonds. The van der Waals surface area contributed by atoms with Gasteiger partial charge in [-0.25, -0.2) is 0 Å². The summed E-state index contributed by atoms with van der Waals surface area (Å²) < 4.78 is 47.6. The van der Waals surface area contributed by atoms with E-state index >= 15 is 0 Å². The van der Waals surface area contributed by atoms with Crippen molar-refractivity contribution in [3.05, 3.63) is 23.3 Å². The number of alkyl halides is 3. The zero-order chi connectivity index (χ0) is 14.8. The molecule has 0 aliphatic carbocycles. The number of halogens is 3. The van der Waals surface area contributed by atoms with Gasteiger partial charge in [0.2, 0.25) is 0 Å². The molecule has 0 unspecified atom stereocenters. The molecule has 0 spiro atoms. The first-order chi connectivity index (χ1) is 8.72. The second-order valence-electron chi connectivity index (χ2n) is 4.10. The first-order valence-electron chi connectivity index (χ1n) is 5.45. The maximum Gasteiger partial charge on any atom is 0.416 e. The highest BCUT2D eigenvalue weighted by atomic mass is 19.4. The molecule has 19 heavy (non-hydrogen) atoms. The number of hydrogen-bond donors (Lipinski definition) is 2. The summed E-state index contributed by atoms with van der Waals surface area (Å²) in [6, 6.07) is 1.37. The van der Waals surface area contributed by atoms with Crippen molar-refractivity contribution in [2.45, 2.75) is 25.2 Å². The Hall–Kier alpha value is -1.47. The number of aliphatic hydroxyl groups is 1. The van der Waals surface area contributed by atoms with Gasteiger partial charge in [-0.05, 0) is 24.6 Å². The van der Waals surface area contributed by atoms with Gasteiger partial charge >= 0.3 is 6.18 Å². The Morgan fingerprint density at radius 2 is 1.58 bits per heavy atom. The van der Waals surface area contributed by atoms with E-state index in [1.54, 1.807) is 6.92 Å².